The van der Waals surface area contributed by atoms with Crippen LogP contribution < -0.4 is 39.3 Å². The van der Waals surface area contributed by atoms with Crippen LogP contribution in [0.4, 0.5) is 37.9 Å². The third-order valence-corrected chi connectivity index (χ3v) is 7.71. The van der Waals surface area contributed by atoms with Gasteiger partial charge < -0.3 is 39.3 Å². The van der Waals surface area contributed by atoms with Crippen LogP contribution in [0.5, 0.6) is 0 Å². The molecule has 1 fully saturated rings. The molecule has 1 saturated heterocycles. The topological polar surface area (TPSA) is 172 Å². The lowest BCUT2D eigenvalue weighted by Crippen LogP contribution is -2.15. The molecule has 1 aliphatic rings. The molecule has 0 saturated carbocycles. The van der Waals surface area contributed by atoms with E-state index in [2.05, 4.69) is 16.0 Å². The summed E-state index contributed by atoms with van der Waals surface area (Å²) in [7, 11) is 0. The van der Waals surface area contributed by atoms with E-state index >= 15 is 0 Å². The van der Waals surface area contributed by atoms with Crippen molar-refractivity contribution < 1.29 is 0 Å². The molecule has 0 bridgehead atoms. The van der Waals surface area contributed by atoms with Crippen molar-refractivity contribution in [3.63, 3.8) is 0 Å². The van der Waals surface area contributed by atoms with Gasteiger partial charge in [0.1, 0.15) is 0 Å². The van der Waals surface area contributed by atoms with Crippen molar-refractivity contribution in [1.82, 2.24) is 4.98 Å². The van der Waals surface area contributed by atoms with Gasteiger partial charge in [0.2, 0.25) is 0 Å². The van der Waals surface area contributed by atoms with E-state index in [0.29, 0.717) is 5.13 Å². The number of hydrogen-bond acceptors (Lipinski definition) is 10. The number of aromatic nitrogens is 1. The molecule has 12 N–H and O–H groups in total. The Morgan fingerprint density at radius 1 is 0.692 bits per heavy atom. The van der Waals surface area contributed by atoms with Crippen LogP contribution >= 0.6 is 22.7 Å². The number of benzene rings is 3. The SMILES string of the molecule is Cc1cc(N)c(C)cc1N.Nc1ccc(N)c2ccccc12.Nc1ccc(N2CCCC2)s1.Nc1nccs1. The first-order chi connectivity index (χ1) is 18.7. The maximum absolute atomic E-state index is 5.77. The van der Waals surface area contributed by atoms with E-state index in [-0.39, 0.29) is 0 Å². The number of fused-ring (bicyclic) bond motifs is 1. The zero-order valence-corrected chi connectivity index (χ0v) is 24.1. The fourth-order valence-electron chi connectivity index (χ4n) is 3.89. The second-order valence-electron chi connectivity index (χ2n) is 9.10. The van der Waals surface area contributed by atoms with Crippen molar-refractivity contribution in [2.45, 2.75) is 26.7 Å². The van der Waals surface area contributed by atoms with E-state index in [4.69, 9.17) is 34.4 Å². The summed E-state index contributed by atoms with van der Waals surface area (Å²) in [5.41, 5.74) is 38.9. The standard InChI is InChI=1S/C10H10N2.C8H12N2S.C8H12N2.C3H4N2S/c11-9-5-6-10(12)8-4-2-1-3-7(8)9;9-7-3-4-8(11-7)10-5-1-2-6-10;1-5-3-8(10)6(2)4-7(5)9;4-3-5-1-2-6-3/h1-6H,11-12H2;3-4H,1-2,5-6,9H2;3-4H,9-10H2,1-2H3;1-2H,(H2,4,5). The number of hydrogen-bond donors (Lipinski definition) is 6. The molecule has 1 aliphatic heterocycles. The van der Waals surface area contributed by atoms with Crippen LogP contribution in [-0.2, 0) is 0 Å². The Kier molecular flexibility index (Phi) is 10.7. The highest BCUT2D eigenvalue weighted by Crippen LogP contribution is 2.30. The van der Waals surface area contributed by atoms with Gasteiger partial charge in [-0.3, -0.25) is 0 Å². The average molecular weight is 563 g/mol. The average Bonchev–Trinajstić information content (AvgIpc) is 3.70. The summed E-state index contributed by atoms with van der Waals surface area (Å²) < 4.78 is 0. The van der Waals surface area contributed by atoms with Gasteiger partial charge in [-0.15, -0.1) is 22.7 Å². The number of thiazole rings is 1. The smallest absolute Gasteiger partial charge is 0.179 e. The van der Waals surface area contributed by atoms with Gasteiger partial charge in [0.25, 0.3) is 0 Å². The Morgan fingerprint density at radius 2 is 1.23 bits per heavy atom. The summed E-state index contributed by atoms with van der Waals surface area (Å²) in [6.07, 6.45) is 4.34. The number of aryl methyl sites for hydroxylation is 2. The highest BCUT2D eigenvalue weighted by atomic mass is 32.1. The van der Waals surface area contributed by atoms with Crippen LogP contribution in [0.2, 0.25) is 0 Å². The van der Waals surface area contributed by atoms with E-state index in [1.807, 2.05) is 73.8 Å². The third-order valence-electron chi connectivity index (χ3n) is 6.13. The molecule has 0 spiro atoms. The van der Waals surface area contributed by atoms with Crippen LogP contribution in [-0.4, -0.2) is 18.1 Å². The Bertz CT molecular complexity index is 1370. The summed E-state index contributed by atoms with van der Waals surface area (Å²) in [6, 6.07) is 19.4. The summed E-state index contributed by atoms with van der Waals surface area (Å²) in [5.74, 6) is 0. The Balaban J connectivity index is 0.000000147. The first kappa shape index (κ1) is 29.4. The Labute approximate surface area is 238 Å². The van der Waals surface area contributed by atoms with Gasteiger partial charge in [-0.05, 0) is 74.2 Å². The fraction of sp³-hybridized carbons (Fsp3) is 0.207. The fourth-order valence-corrected chi connectivity index (χ4v) is 5.10. The molecular weight excluding hydrogens is 525 g/mol. The number of anilines is 7. The third kappa shape index (κ3) is 8.69. The predicted molar refractivity (Wildman–Crippen MR) is 174 cm³/mol. The molecule has 3 heterocycles. The minimum atomic E-state index is 0.634. The van der Waals surface area contributed by atoms with Gasteiger partial charge in [-0.2, -0.15) is 0 Å². The minimum absolute atomic E-state index is 0.634. The summed E-state index contributed by atoms with van der Waals surface area (Å²) in [6.45, 7) is 6.32. The molecule has 6 rings (SSSR count). The Hall–Kier alpha value is -4.15. The first-order valence-corrected chi connectivity index (χ1v) is 14.3. The summed E-state index contributed by atoms with van der Waals surface area (Å²) in [4.78, 5) is 6.12. The molecule has 0 amide bonds. The largest absolute Gasteiger partial charge is 0.399 e. The highest BCUT2D eigenvalue weighted by molar-refractivity contribution is 7.19. The molecule has 3 aromatic carbocycles. The first-order valence-electron chi connectivity index (χ1n) is 12.6. The number of nitrogen functional groups attached to an aromatic ring is 6. The van der Waals surface area contributed by atoms with Crippen molar-refractivity contribution in [2.24, 2.45) is 0 Å². The van der Waals surface area contributed by atoms with Gasteiger partial charge in [-0.25, -0.2) is 4.98 Å². The minimum Gasteiger partial charge on any atom is -0.399 e. The lowest BCUT2D eigenvalue weighted by Gasteiger charge is -2.13. The molecule has 206 valence electrons. The maximum Gasteiger partial charge on any atom is 0.179 e. The van der Waals surface area contributed by atoms with Crippen molar-refractivity contribution in [2.75, 3.05) is 52.4 Å². The van der Waals surface area contributed by atoms with Crippen molar-refractivity contribution >= 4 is 71.3 Å². The quantitative estimate of drug-likeness (QED) is 0.132. The molecule has 8 nitrogen and oxygen atoms in total. The molecule has 0 atom stereocenters. The van der Waals surface area contributed by atoms with Crippen LogP contribution in [0.3, 0.4) is 0 Å². The zero-order valence-electron chi connectivity index (χ0n) is 22.4. The molecule has 0 radical (unpaired) electrons. The van der Waals surface area contributed by atoms with Crippen LogP contribution in [0.25, 0.3) is 10.8 Å². The lowest BCUT2D eigenvalue weighted by atomic mass is 10.1. The van der Waals surface area contributed by atoms with Crippen molar-refractivity contribution in [1.29, 1.82) is 0 Å². The van der Waals surface area contributed by atoms with E-state index in [1.165, 1.54) is 42.3 Å². The van der Waals surface area contributed by atoms with E-state index in [1.54, 1.807) is 17.5 Å². The lowest BCUT2D eigenvalue weighted by molar-refractivity contribution is 0.949. The van der Waals surface area contributed by atoms with E-state index in [0.717, 1.165) is 49.6 Å². The molecule has 10 heteroatoms. The van der Waals surface area contributed by atoms with E-state index in [9.17, 15) is 0 Å². The highest BCUT2D eigenvalue weighted by Gasteiger charge is 2.13. The van der Waals surface area contributed by atoms with Gasteiger partial charge in [0.05, 0.1) is 10.0 Å². The van der Waals surface area contributed by atoms with Gasteiger partial charge in [-0.1, -0.05) is 24.3 Å². The van der Waals surface area contributed by atoms with Gasteiger partial charge in [0.15, 0.2) is 5.13 Å². The normalized spacial score (nSPS) is 12.0. The number of thiophene rings is 1. The summed E-state index contributed by atoms with van der Waals surface area (Å²) >= 11 is 3.13. The van der Waals surface area contributed by atoms with Crippen molar-refractivity contribution in [3.8, 4) is 0 Å². The number of rotatable bonds is 1. The Morgan fingerprint density at radius 3 is 1.62 bits per heavy atom. The molecular formula is C29H38N8S2. The summed E-state index contributed by atoms with van der Waals surface area (Å²) in [5, 5.41) is 6.78. The van der Waals surface area contributed by atoms with Crippen LogP contribution in [0.15, 0.2) is 72.2 Å². The zero-order chi connectivity index (χ0) is 28.4. The van der Waals surface area contributed by atoms with Crippen LogP contribution in [0, 0.1) is 13.8 Å². The molecule has 0 unspecified atom stereocenters. The van der Waals surface area contributed by atoms with Crippen LogP contribution in [0.1, 0.15) is 24.0 Å². The van der Waals surface area contributed by atoms with Crippen molar-refractivity contribution in [3.05, 3.63) is 83.4 Å². The molecule has 39 heavy (non-hydrogen) atoms. The maximum atomic E-state index is 5.77. The molecule has 0 aliphatic carbocycles. The van der Waals surface area contributed by atoms with E-state index < -0.39 is 0 Å². The predicted octanol–water partition coefficient (Wildman–Crippen LogP) is 6.13. The van der Waals surface area contributed by atoms with Gasteiger partial charge >= 0.3 is 0 Å². The second kappa shape index (κ2) is 14.1. The monoisotopic (exact) mass is 562 g/mol. The van der Waals surface area contributed by atoms with Gasteiger partial charge in [0, 0.05) is 58.2 Å². The molecule has 5 aromatic rings. The molecule has 2 aromatic heterocycles. The number of nitrogens with two attached hydrogens (primary N) is 6. The second-order valence-corrected chi connectivity index (χ2v) is 11.1. The number of nitrogens with zero attached hydrogens (tertiary/aromatic N) is 2.